The Labute approximate surface area is 184 Å². The molecule has 31 heavy (non-hydrogen) atoms. The zero-order chi connectivity index (χ0) is 22.0. The molecule has 0 radical (unpaired) electrons. The van der Waals surface area contributed by atoms with Gasteiger partial charge in [0.2, 0.25) is 0 Å². The summed E-state index contributed by atoms with van der Waals surface area (Å²) in [6, 6.07) is 15.4. The maximum absolute atomic E-state index is 12.9. The minimum Gasteiger partial charge on any atom is -0.451 e. The fourth-order valence-corrected chi connectivity index (χ4v) is 3.95. The molecule has 0 fully saturated rings. The van der Waals surface area contributed by atoms with Gasteiger partial charge in [-0.05, 0) is 35.9 Å². The third-order valence-corrected chi connectivity index (χ3v) is 5.49. The van der Waals surface area contributed by atoms with Crippen LogP contribution in [0.25, 0.3) is 11.3 Å². The van der Waals surface area contributed by atoms with E-state index >= 15 is 0 Å². The quantitative estimate of drug-likeness (QED) is 0.350. The minimum absolute atomic E-state index is 0.101. The minimum atomic E-state index is -4.39. The lowest BCUT2D eigenvalue weighted by molar-refractivity contribution is -0.137. The number of amides is 1. The molecular weight excluding hydrogens is 449 g/mol. The largest absolute Gasteiger partial charge is 0.451 e. The van der Waals surface area contributed by atoms with Crippen LogP contribution in [0, 0.1) is 0 Å². The molecule has 2 aromatic carbocycles. The fraction of sp³-hybridized carbons (Fsp3) is 0.0909. The van der Waals surface area contributed by atoms with Crippen molar-refractivity contribution >= 4 is 34.0 Å². The van der Waals surface area contributed by atoms with E-state index in [1.807, 2.05) is 6.07 Å². The van der Waals surface area contributed by atoms with E-state index in [4.69, 9.17) is 16.0 Å². The van der Waals surface area contributed by atoms with Gasteiger partial charge in [-0.15, -0.1) is 11.3 Å². The van der Waals surface area contributed by atoms with Crippen molar-refractivity contribution in [3.8, 4) is 11.3 Å². The second-order valence-corrected chi connectivity index (χ2v) is 8.19. The molecule has 0 spiro atoms. The van der Waals surface area contributed by atoms with Crippen molar-refractivity contribution < 1.29 is 22.4 Å². The predicted octanol–water partition coefficient (Wildman–Crippen LogP) is 6.92. The number of carbonyl (C=O) groups is 1. The second-order valence-electron chi connectivity index (χ2n) is 6.64. The first-order valence-corrected chi connectivity index (χ1v) is 10.3. The van der Waals surface area contributed by atoms with Crippen molar-refractivity contribution in [1.29, 1.82) is 0 Å². The van der Waals surface area contributed by atoms with Gasteiger partial charge in [-0.1, -0.05) is 41.9 Å². The van der Waals surface area contributed by atoms with Crippen LogP contribution in [0.3, 0.4) is 0 Å². The van der Waals surface area contributed by atoms with Crippen molar-refractivity contribution in [1.82, 2.24) is 4.98 Å². The first-order chi connectivity index (χ1) is 14.8. The third-order valence-electron chi connectivity index (χ3n) is 4.35. The van der Waals surface area contributed by atoms with Crippen LogP contribution in [0.2, 0.25) is 5.02 Å². The van der Waals surface area contributed by atoms with E-state index in [0.717, 1.165) is 17.7 Å². The monoisotopic (exact) mass is 462 g/mol. The molecule has 0 atom stereocenters. The molecule has 2 aromatic heterocycles. The lowest BCUT2D eigenvalue weighted by Gasteiger charge is -2.07. The van der Waals surface area contributed by atoms with Crippen LogP contribution >= 0.6 is 22.9 Å². The summed E-state index contributed by atoms with van der Waals surface area (Å²) in [7, 11) is 0. The first kappa shape index (κ1) is 21.1. The van der Waals surface area contributed by atoms with Gasteiger partial charge in [-0.2, -0.15) is 13.2 Å². The summed E-state index contributed by atoms with van der Waals surface area (Å²) in [6.45, 7) is 0. The number of nitrogens with one attached hydrogen (secondary N) is 1. The highest BCUT2D eigenvalue weighted by Crippen LogP contribution is 2.31. The summed E-state index contributed by atoms with van der Waals surface area (Å²) in [5.41, 5.74) is 0.550. The number of anilines is 1. The number of alkyl halides is 3. The van der Waals surface area contributed by atoms with E-state index in [0.29, 0.717) is 26.4 Å². The van der Waals surface area contributed by atoms with Gasteiger partial charge in [0.25, 0.3) is 5.91 Å². The van der Waals surface area contributed by atoms with Crippen LogP contribution in [0.15, 0.2) is 71.3 Å². The average molecular weight is 463 g/mol. The van der Waals surface area contributed by atoms with Crippen LogP contribution in [0.4, 0.5) is 18.3 Å². The Hall–Kier alpha value is -3.10. The SMILES string of the molecule is O=C(Nc1ncc(Cc2cccc(C(F)(F)F)c2)s1)c1ccc(-c2cccc(Cl)c2)o1. The number of rotatable bonds is 5. The molecule has 4 nitrogen and oxygen atoms in total. The highest BCUT2D eigenvalue weighted by atomic mass is 35.5. The summed E-state index contributed by atoms with van der Waals surface area (Å²) in [4.78, 5) is 17.3. The normalized spacial score (nSPS) is 11.5. The Bertz CT molecular complexity index is 1230. The zero-order valence-electron chi connectivity index (χ0n) is 15.7. The van der Waals surface area contributed by atoms with Crippen molar-refractivity contribution in [2.45, 2.75) is 12.6 Å². The molecule has 2 heterocycles. The molecule has 0 aliphatic rings. The van der Waals surface area contributed by atoms with E-state index in [1.54, 1.807) is 36.4 Å². The summed E-state index contributed by atoms with van der Waals surface area (Å²) in [5, 5.41) is 3.52. The molecule has 0 bridgehead atoms. The van der Waals surface area contributed by atoms with Gasteiger partial charge in [-0.25, -0.2) is 4.98 Å². The molecule has 0 aliphatic heterocycles. The van der Waals surface area contributed by atoms with E-state index in [1.165, 1.54) is 23.6 Å². The Morgan fingerprint density at radius 3 is 2.68 bits per heavy atom. The average Bonchev–Trinajstić information content (AvgIpc) is 3.37. The zero-order valence-corrected chi connectivity index (χ0v) is 17.3. The Kier molecular flexibility index (Phi) is 5.84. The van der Waals surface area contributed by atoms with Crippen LogP contribution in [0.5, 0.6) is 0 Å². The number of benzene rings is 2. The molecule has 4 rings (SSSR count). The van der Waals surface area contributed by atoms with Crippen molar-refractivity contribution in [2.75, 3.05) is 5.32 Å². The summed E-state index contributed by atoms with van der Waals surface area (Å²) in [5.74, 6) is 0.120. The number of hydrogen-bond donors (Lipinski definition) is 1. The number of furan rings is 1. The Balaban J connectivity index is 1.43. The highest BCUT2D eigenvalue weighted by molar-refractivity contribution is 7.15. The first-order valence-electron chi connectivity index (χ1n) is 9.06. The Morgan fingerprint density at radius 1 is 1.10 bits per heavy atom. The molecule has 0 aliphatic carbocycles. The topological polar surface area (TPSA) is 55.1 Å². The van der Waals surface area contributed by atoms with Gasteiger partial charge in [0.1, 0.15) is 5.76 Å². The van der Waals surface area contributed by atoms with Gasteiger partial charge >= 0.3 is 6.18 Å². The highest BCUT2D eigenvalue weighted by Gasteiger charge is 2.30. The maximum atomic E-state index is 12.9. The molecule has 4 aromatic rings. The lowest BCUT2D eigenvalue weighted by Crippen LogP contribution is -2.10. The fourth-order valence-electron chi connectivity index (χ4n) is 2.92. The smallest absolute Gasteiger partial charge is 0.416 e. The van der Waals surface area contributed by atoms with Crippen LogP contribution in [0.1, 0.15) is 26.6 Å². The van der Waals surface area contributed by atoms with Crippen LogP contribution in [-0.2, 0) is 12.6 Å². The Morgan fingerprint density at radius 2 is 1.90 bits per heavy atom. The van der Waals surface area contributed by atoms with Crippen molar-refractivity contribution in [2.24, 2.45) is 0 Å². The molecule has 158 valence electrons. The van der Waals surface area contributed by atoms with Crippen molar-refractivity contribution in [3.05, 3.63) is 93.6 Å². The maximum Gasteiger partial charge on any atom is 0.416 e. The molecule has 0 saturated heterocycles. The van der Waals surface area contributed by atoms with E-state index in [-0.39, 0.29) is 12.2 Å². The van der Waals surface area contributed by atoms with E-state index in [2.05, 4.69) is 10.3 Å². The summed E-state index contributed by atoms with van der Waals surface area (Å²) >= 11 is 7.16. The number of carbonyl (C=O) groups excluding carboxylic acids is 1. The van der Waals surface area contributed by atoms with Gasteiger partial charge in [0.15, 0.2) is 10.9 Å². The van der Waals surface area contributed by atoms with Gasteiger partial charge in [-0.3, -0.25) is 10.1 Å². The molecule has 1 amide bonds. The number of halogens is 4. The molecular formula is C22H14ClF3N2O2S. The van der Waals surface area contributed by atoms with E-state index in [9.17, 15) is 18.0 Å². The van der Waals surface area contributed by atoms with Crippen LogP contribution < -0.4 is 5.32 Å². The number of nitrogens with zero attached hydrogens (tertiary/aromatic N) is 1. The van der Waals surface area contributed by atoms with Gasteiger partial charge < -0.3 is 4.42 Å². The molecule has 9 heteroatoms. The van der Waals surface area contributed by atoms with E-state index < -0.39 is 17.6 Å². The molecule has 1 N–H and O–H groups in total. The third kappa shape index (κ3) is 5.15. The molecule has 0 saturated carbocycles. The van der Waals surface area contributed by atoms with Crippen molar-refractivity contribution in [3.63, 3.8) is 0 Å². The lowest BCUT2D eigenvalue weighted by atomic mass is 10.1. The number of hydrogen-bond acceptors (Lipinski definition) is 4. The van der Waals surface area contributed by atoms with Crippen LogP contribution in [-0.4, -0.2) is 10.9 Å². The summed E-state index contributed by atoms with van der Waals surface area (Å²) < 4.78 is 44.2. The standard InChI is InChI=1S/C22H14ClF3N2O2S/c23-16-6-2-4-14(11-16)18-7-8-19(30-18)20(29)28-21-27-12-17(31-21)10-13-3-1-5-15(9-13)22(24,25)26/h1-9,11-12H,10H2,(H,27,28,29). The van der Waals surface area contributed by atoms with Gasteiger partial charge in [0.05, 0.1) is 5.56 Å². The number of aromatic nitrogens is 1. The second kappa shape index (κ2) is 8.56. The predicted molar refractivity (Wildman–Crippen MR) is 113 cm³/mol. The number of thiazole rings is 1. The molecule has 0 unspecified atom stereocenters. The summed E-state index contributed by atoms with van der Waals surface area (Å²) in [6.07, 6.45) is -2.59. The van der Waals surface area contributed by atoms with Gasteiger partial charge in [0, 0.05) is 28.1 Å².